The summed E-state index contributed by atoms with van der Waals surface area (Å²) in [5.74, 6) is 0.939. The van der Waals surface area contributed by atoms with Crippen LogP contribution in [0.25, 0.3) is 10.1 Å². The summed E-state index contributed by atoms with van der Waals surface area (Å²) in [6, 6.07) is 8.33. The van der Waals surface area contributed by atoms with Crippen LogP contribution in [0.3, 0.4) is 0 Å². The van der Waals surface area contributed by atoms with Gasteiger partial charge in [0.25, 0.3) is 0 Å². The molecule has 0 aliphatic carbocycles. The average molecular weight is 259 g/mol. The highest BCUT2D eigenvalue weighted by Crippen LogP contribution is 2.26. The van der Waals surface area contributed by atoms with Crippen molar-refractivity contribution < 1.29 is 4.79 Å². The standard InChI is InChI=1S/C15H17NOS/c17-13(7-11-5-6-16-9-11)8-12-10-18-15-4-2-1-3-14(12)15/h1-4,10-11,16H,5-9H2. The molecule has 3 rings (SSSR count). The van der Waals surface area contributed by atoms with E-state index < -0.39 is 0 Å². The van der Waals surface area contributed by atoms with Gasteiger partial charge in [0.2, 0.25) is 0 Å². The third kappa shape index (κ3) is 2.47. The van der Waals surface area contributed by atoms with E-state index in [4.69, 9.17) is 0 Å². The van der Waals surface area contributed by atoms with Gasteiger partial charge in [-0.15, -0.1) is 11.3 Å². The number of nitrogens with one attached hydrogen (secondary N) is 1. The van der Waals surface area contributed by atoms with Gasteiger partial charge in [-0.05, 0) is 47.8 Å². The van der Waals surface area contributed by atoms with Gasteiger partial charge in [0.15, 0.2) is 0 Å². The minimum absolute atomic E-state index is 0.382. The lowest BCUT2D eigenvalue weighted by Gasteiger charge is -2.06. The zero-order valence-electron chi connectivity index (χ0n) is 10.3. The number of fused-ring (bicyclic) bond motifs is 1. The zero-order valence-corrected chi connectivity index (χ0v) is 11.1. The van der Waals surface area contributed by atoms with Crippen molar-refractivity contribution in [2.45, 2.75) is 19.3 Å². The fraction of sp³-hybridized carbons (Fsp3) is 0.400. The molecule has 1 unspecified atom stereocenters. The van der Waals surface area contributed by atoms with Crippen LogP contribution in [0.2, 0.25) is 0 Å². The number of ketones is 1. The lowest BCUT2D eigenvalue weighted by molar-refractivity contribution is -0.119. The zero-order chi connectivity index (χ0) is 12.4. The lowest BCUT2D eigenvalue weighted by atomic mass is 9.97. The van der Waals surface area contributed by atoms with E-state index >= 15 is 0 Å². The van der Waals surface area contributed by atoms with Crippen molar-refractivity contribution in [3.63, 3.8) is 0 Å². The number of rotatable bonds is 4. The number of Topliss-reactive ketones (excluding diaryl/α,β-unsaturated/α-hetero) is 1. The van der Waals surface area contributed by atoms with E-state index in [1.54, 1.807) is 11.3 Å². The normalized spacial score (nSPS) is 19.4. The molecule has 0 amide bonds. The first-order valence-corrected chi connectivity index (χ1v) is 7.38. The average Bonchev–Trinajstić information content (AvgIpc) is 3.00. The van der Waals surface area contributed by atoms with Crippen molar-refractivity contribution in [2.24, 2.45) is 5.92 Å². The summed E-state index contributed by atoms with van der Waals surface area (Å²) in [4.78, 5) is 12.1. The Morgan fingerprint density at radius 2 is 2.28 bits per heavy atom. The first-order chi connectivity index (χ1) is 8.83. The van der Waals surface area contributed by atoms with E-state index in [0.29, 0.717) is 18.1 Å². The highest BCUT2D eigenvalue weighted by Gasteiger charge is 2.18. The molecule has 1 aliphatic heterocycles. The van der Waals surface area contributed by atoms with Gasteiger partial charge in [0.05, 0.1) is 0 Å². The monoisotopic (exact) mass is 259 g/mol. The van der Waals surface area contributed by atoms with Crippen molar-refractivity contribution in [2.75, 3.05) is 13.1 Å². The third-order valence-corrected chi connectivity index (χ3v) is 4.64. The second-order valence-corrected chi connectivity index (χ2v) is 5.95. The molecule has 1 N–H and O–H groups in total. The van der Waals surface area contributed by atoms with E-state index in [2.05, 4.69) is 28.9 Å². The SMILES string of the molecule is O=C(Cc1csc2ccccc12)CC1CCNC1. The van der Waals surface area contributed by atoms with Crippen LogP contribution in [-0.2, 0) is 11.2 Å². The van der Waals surface area contributed by atoms with Gasteiger partial charge in [-0.1, -0.05) is 18.2 Å². The van der Waals surface area contributed by atoms with Gasteiger partial charge in [0.1, 0.15) is 5.78 Å². The summed E-state index contributed by atoms with van der Waals surface area (Å²) < 4.78 is 1.28. The minimum atomic E-state index is 0.382. The molecule has 1 aromatic heterocycles. The van der Waals surface area contributed by atoms with Gasteiger partial charge in [-0.2, -0.15) is 0 Å². The third-order valence-electron chi connectivity index (χ3n) is 3.63. The summed E-state index contributed by atoms with van der Waals surface area (Å²) in [6.45, 7) is 2.08. The number of carbonyl (C=O) groups is 1. The molecule has 0 radical (unpaired) electrons. The van der Waals surface area contributed by atoms with Gasteiger partial charge in [0, 0.05) is 17.5 Å². The summed E-state index contributed by atoms with van der Waals surface area (Å²) in [7, 11) is 0. The van der Waals surface area contributed by atoms with E-state index in [9.17, 15) is 4.79 Å². The van der Waals surface area contributed by atoms with E-state index in [1.165, 1.54) is 15.6 Å². The van der Waals surface area contributed by atoms with Crippen LogP contribution in [-0.4, -0.2) is 18.9 Å². The summed E-state index contributed by atoms with van der Waals surface area (Å²) in [5.41, 5.74) is 1.20. The Kier molecular flexibility index (Phi) is 3.43. The maximum Gasteiger partial charge on any atom is 0.137 e. The second kappa shape index (κ2) is 5.21. The summed E-state index contributed by atoms with van der Waals surface area (Å²) >= 11 is 1.73. The lowest BCUT2D eigenvalue weighted by Crippen LogP contribution is -2.13. The largest absolute Gasteiger partial charge is 0.316 e. The Hall–Kier alpha value is -1.19. The first-order valence-electron chi connectivity index (χ1n) is 6.50. The van der Waals surface area contributed by atoms with Crippen LogP contribution >= 0.6 is 11.3 Å². The molecule has 2 nitrogen and oxygen atoms in total. The van der Waals surface area contributed by atoms with Crippen LogP contribution < -0.4 is 5.32 Å². The number of carbonyl (C=O) groups excluding carboxylic acids is 1. The van der Waals surface area contributed by atoms with Crippen molar-refractivity contribution in [1.29, 1.82) is 0 Å². The fourth-order valence-electron chi connectivity index (χ4n) is 2.66. The molecule has 0 spiro atoms. The molecule has 1 aromatic carbocycles. The van der Waals surface area contributed by atoms with Crippen molar-refractivity contribution >= 4 is 27.2 Å². The van der Waals surface area contributed by atoms with Gasteiger partial charge in [-0.25, -0.2) is 0 Å². The Morgan fingerprint density at radius 1 is 1.39 bits per heavy atom. The fourth-order valence-corrected chi connectivity index (χ4v) is 3.63. The van der Waals surface area contributed by atoms with Crippen molar-refractivity contribution in [1.82, 2.24) is 5.32 Å². The predicted octanol–water partition coefficient (Wildman–Crippen LogP) is 3.01. The number of benzene rings is 1. The van der Waals surface area contributed by atoms with E-state index in [1.807, 2.05) is 6.07 Å². The number of thiophene rings is 1. The molecule has 94 valence electrons. The summed E-state index contributed by atoms with van der Waals surface area (Å²) in [6.07, 6.45) is 2.48. The molecule has 1 aliphatic rings. The molecule has 1 fully saturated rings. The van der Waals surface area contributed by atoms with Gasteiger partial charge >= 0.3 is 0 Å². The minimum Gasteiger partial charge on any atom is -0.316 e. The smallest absolute Gasteiger partial charge is 0.137 e. The maximum atomic E-state index is 12.1. The molecule has 0 bridgehead atoms. The van der Waals surface area contributed by atoms with Crippen LogP contribution in [0.15, 0.2) is 29.6 Å². The Bertz CT molecular complexity index is 554. The second-order valence-electron chi connectivity index (χ2n) is 5.04. The van der Waals surface area contributed by atoms with E-state index in [-0.39, 0.29) is 0 Å². The molecule has 2 heterocycles. The van der Waals surface area contributed by atoms with E-state index in [0.717, 1.165) is 25.9 Å². The molecule has 1 atom stereocenters. The Balaban J connectivity index is 1.70. The number of hydrogen-bond acceptors (Lipinski definition) is 3. The molecular weight excluding hydrogens is 242 g/mol. The molecular formula is C15H17NOS. The van der Waals surface area contributed by atoms with Gasteiger partial charge < -0.3 is 5.32 Å². The van der Waals surface area contributed by atoms with Crippen LogP contribution in [0.4, 0.5) is 0 Å². The molecule has 3 heteroatoms. The highest BCUT2D eigenvalue weighted by atomic mass is 32.1. The van der Waals surface area contributed by atoms with Crippen LogP contribution in [0, 0.1) is 5.92 Å². The maximum absolute atomic E-state index is 12.1. The van der Waals surface area contributed by atoms with Crippen LogP contribution in [0.5, 0.6) is 0 Å². The number of hydrogen-bond donors (Lipinski definition) is 1. The topological polar surface area (TPSA) is 29.1 Å². The van der Waals surface area contributed by atoms with Crippen molar-refractivity contribution in [3.8, 4) is 0 Å². The van der Waals surface area contributed by atoms with Crippen molar-refractivity contribution in [3.05, 3.63) is 35.2 Å². The first kappa shape index (κ1) is 11.9. The molecule has 1 saturated heterocycles. The molecule has 0 saturated carbocycles. The highest BCUT2D eigenvalue weighted by molar-refractivity contribution is 7.17. The summed E-state index contributed by atoms with van der Waals surface area (Å²) in [5, 5.41) is 6.70. The van der Waals surface area contributed by atoms with Gasteiger partial charge in [-0.3, -0.25) is 4.79 Å². The predicted molar refractivity (Wildman–Crippen MR) is 76.1 cm³/mol. The Labute approximate surface area is 111 Å². The molecule has 2 aromatic rings. The molecule has 18 heavy (non-hydrogen) atoms. The Morgan fingerprint density at radius 3 is 3.11 bits per heavy atom. The van der Waals surface area contributed by atoms with Crippen LogP contribution in [0.1, 0.15) is 18.4 Å². The quantitative estimate of drug-likeness (QED) is 0.914.